The highest BCUT2D eigenvalue weighted by molar-refractivity contribution is 6.03. The Balaban J connectivity index is 1.71. The van der Waals surface area contributed by atoms with Gasteiger partial charge >= 0.3 is 0 Å². The molecule has 7 nitrogen and oxygen atoms in total. The number of carbonyl (C=O) groups excluding carboxylic acids is 1. The number of hydrogen-bond acceptors (Lipinski definition) is 5. The molecule has 1 saturated carbocycles. The van der Waals surface area contributed by atoms with Crippen LogP contribution in [0.1, 0.15) is 23.8 Å². The molecular weight excluding hydrogens is 272 g/mol. The van der Waals surface area contributed by atoms with Gasteiger partial charge in [-0.3, -0.25) is 4.79 Å². The van der Waals surface area contributed by atoms with E-state index in [4.69, 9.17) is 9.47 Å². The number of methoxy groups -OCH3 is 1. The van der Waals surface area contributed by atoms with Crippen LogP contribution in [0.15, 0.2) is 18.6 Å². The van der Waals surface area contributed by atoms with E-state index in [0.29, 0.717) is 23.3 Å². The lowest BCUT2D eigenvalue weighted by Crippen LogP contribution is -2.61. The average molecular weight is 290 g/mol. The normalized spacial score (nSPS) is 24.8. The second kappa shape index (κ2) is 5.79. The van der Waals surface area contributed by atoms with Crippen LogP contribution in [0, 0.1) is 0 Å². The predicted molar refractivity (Wildman–Crippen MR) is 76.0 cm³/mol. The topological polar surface area (TPSA) is 89.1 Å². The SMILES string of the molecule is CCOC1CC(NC(=O)c2ncnc3[nH]ccc23)C1OC. The highest BCUT2D eigenvalue weighted by atomic mass is 16.5. The summed E-state index contributed by atoms with van der Waals surface area (Å²) in [5.74, 6) is -0.219. The maximum absolute atomic E-state index is 12.4. The van der Waals surface area contributed by atoms with Crippen molar-refractivity contribution < 1.29 is 14.3 Å². The Kier molecular flexibility index (Phi) is 3.85. The molecule has 1 amide bonds. The molecule has 1 aliphatic rings. The largest absolute Gasteiger partial charge is 0.377 e. The van der Waals surface area contributed by atoms with Crippen LogP contribution in [0.4, 0.5) is 0 Å². The van der Waals surface area contributed by atoms with Crippen molar-refractivity contribution in [1.29, 1.82) is 0 Å². The summed E-state index contributed by atoms with van der Waals surface area (Å²) in [6, 6.07) is 1.74. The first-order valence-corrected chi connectivity index (χ1v) is 6.98. The molecule has 3 unspecified atom stereocenters. The van der Waals surface area contributed by atoms with Crippen molar-refractivity contribution in [2.24, 2.45) is 0 Å². The molecule has 2 aromatic rings. The third kappa shape index (κ3) is 2.50. The number of hydrogen-bond donors (Lipinski definition) is 2. The number of nitrogens with one attached hydrogen (secondary N) is 2. The molecule has 0 aromatic carbocycles. The summed E-state index contributed by atoms with van der Waals surface area (Å²) in [6.07, 6.45) is 3.80. The molecule has 2 aromatic heterocycles. The van der Waals surface area contributed by atoms with Gasteiger partial charge in [0.1, 0.15) is 23.8 Å². The van der Waals surface area contributed by atoms with E-state index >= 15 is 0 Å². The fraction of sp³-hybridized carbons (Fsp3) is 0.500. The Labute approximate surface area is 122 Å². The quantitative estimate of drug-likeness (QED) is 0.853. The van der Waals surface area contributed by atoms with Gasteiger partial charge in [0.25, 0.3) is 5.91 Å². The lowest BCUT2D eigenvalue weighted by atomic mass is 9.85. The molecule has 7 heteroatoms. The van der Waals surface area contributed by atoms with Gasteiger partial charge in [-0.15, -0.1) is 0 Å². The van der Waals surface area contributed by atoms with Crippen LogP contribution >= 0.6 is 0 Å². The highest BCUT2D eigenvalue weighted by Crippen LogP contribution is 2.27. The van der Waals surface area contributed by atoms with E-state index in [9.17, 15) is 4.79 Å². The standard InChI is InChI=1S/C14H18N4O3/c1-3-21-10-6-9(12(10)20-2)18-14(19)11-8-4-5-15-13(8)17-7-16-11/h4-5,7,9-10,12H,3,6H2,1-2H3,(H,18,19)(H,15,16,17). The number of nitrogens with zero attached hydrogens (tertiary/aromatic N) is 2. The number of amides is 1. The second-order valence-corrected chi connectivity index (χ2v) is 4.97. The van der Waals surface area contributed by atoms with Gasteiger partial charge < -0.3 is 19.8 Å². The van der Waals surface area contributed by atoms with Crippen LogP contribution in [-0.2, 0) is 9.47 Å². The molecular formula is C14H18N4O3. The first-order chi connectivity index (χ1) is 10.2. The minimum atomic E-state index is -0.219. The monoisotopic (exact) mass is 290 g/mol. The van der Waals surface area contributed by atoms with Gasteiger partial charge in [0.2, 0.25) is 0 Å². The van der Waals surface area contributed by atoms with Gasteiger partial charge in [-0.1, -0.05) is 0 Å². The van der Waals surface area contributed by atoms with Gasteiger partial charge in [-0.05, 0) is 19.4 Å². The lowest BCUT2D eigenvalue weighted by Gasteiger charge is -2.43. The number of H-pyrrole nitrogens is 1. The molecule has 3 atom stereocenters. The Morgan fingerprint density at radius 3 is 3.14 bits per heavy atom. The smallest absolute Gasteiger partial charge is 0.271 e. The first-order valence-electron chi connectivity index (χ1n) is 6.98. The van der Waals surface area contributed by atoms with Crippen LogP contribution in [0.25, 0.3) is 11.0 Å². The highest BCUT2D eigenvalue weighted by Gasteiger charge is 2.43. The van der Waals surface area contributed by atoms with Crippen LogP contribution < -0.4 is 5.32 Å². The average Bonchev–Trinajstić information content (AvgIpc) is 2.94. The molecule has 0 aliphatic heterocycles. The summed E-state index contributed by atoms with van der Waals surface area (Å²) < 4.78 is 10.9. The van der Waals surface area contributed by atoms with Crippen molar-refractivity contribution in [2.75, 3.05) is 13.7 Å². The third-order valence-corrected chi connectivity index (χ3v) is 3.79. The van der Waals surface area contributed by atoms with E-state index in [2.05, 4.69) is 20.3 Å². The molecule has 1 aliphatic carbocycles. The molecule has 21 heavy (non-hydrogen) atoms. The summed E-state index contributed by atoms with van der Waals surface area (Å²) in [4.78, 5) is 23.5. The number of carbonyl (C=O) groups is 1. The molecule has 1 fully saturated rings. The van der Waals surface area contributed by atoms with Crippen LogP contribution in [-0.4, -0.2) is 52.8 Å². The van der Waals surface area contributed by atoms with E-state index in [-0.39, 0.29) is 24.2 Å². The van der Waals surface area contributed by atoms with Gasteiger partial charge in [0.05, 0.1) is 17.5 Å². The molecule has 0 bridgehead atoms. The van der Waals surface area contributed by atoms with Crippen molar-refractivity contribution in [2.45, 2.75) is 31.6 Å². The second-order valence-electron chi connectivity index (χ2n) is 4.97. The fourth-order valence-corrected chi connectivity index (χ4v) is 2.71. The Morgan fingerprint density at radius 2 is 2.38 bits per heavy atom. The zero-order valence-corrected chi connectivity index (χ0v) is 12.0. The van der Waals surface area contributed by atoms with E-state index in [1.54, 1.807) is 19.4 Å². The van der Waals surface area contributed by atoms with Gasteiger partial charge in [-0.25, -0.2) is 9.97 Å². The van der Waals surface area contributed by atoms with Gasteiger partial charge in [-0.2, -0.15) is 0 Å². The Morgan fingerprint density at radius 1 is 1.52 bits per heavy atom. The summed E-state index contributed by atoms with van der Waals surface area (Å²) in [5.41, 5.74) is 1.02. The van der Waals surface area contributed by atoms with Crippen LogP contribution in [0.5, 0.6) is 0 Å². The van der Waals surface area contributed by atoms with Crippen LogP contribution in [0.2, 0.25) is 0 Å². The number of rotatable bonds is 5. The van der Waals surface area contributed by atoms with Crippen molar-refractivity contribution >= 4 is 16.9 Å². The zero-order valence-electron chi connectivity index (χ0n) is 12.0. The van der Waals surface area contributed by atoms with Crippen molar-refractivity contribution in [3.05, 3.63) is 24.3 Å². The maximum atomic E-state index is 12.4. The molecule has 112 valence electrons. The van der Waals surface area contributed by atoms with E-state index in [0.717, 1.165) is 6.42 Å². The number of ether oxygens (including phenoxy) is 2. The third-order valence-electron chi connectivity index (χ3n) is 3.79. The maximum Gasteiger partial charge on any atom is 0.271 e. The van der Waals surface area contributed by atoms with Crippen molar-refractivity contribution in [1.82, 2.24) is 20.3 Å². The number of fused-ring (bicyclic) bond motifs is 1. The zero-order chi connectivity index (χ0) is 14.8. The predicted octanol–water partition coefficient (Wildman–Crippen LogP) is 0.880. The number of aromatic nitrogens is 3. The van der Waals surface area contributed by atoms with Crippen LogP contribution in [0.3, 0.4) is 0 Å². The minimum Gasteiger partial charge on any atom is -0.377 e. The molecule has 0 radical (unpaired) electrons. The molecule has 3 rings (SSSR count). The Hall–Kier alpha value is -1.99. The van der Waals surface area contributed by atoms with Gasteiger partial charge in [0, 0.05) is 19.9 Å². The van der Waals surface area contributed by atoms with Crippen molar-refractivity contribution in [3.63, 3.8) is 0 Å². The minimum absolute atomic E-state index is 0.0444. The molecule has 0 saturated heterocycles. The lowest BCUT2D eigenvalue weighted by molar-refractivity contribution is -0.128. The molecule has 2 N–H and O–H groups in total. The van der Waals surface area contributed by atoms with Gasteiger partial charge in [0.15, 0.2) is 0 Å². The van der Waals surface area contributed by atoms with E-state index < -0.39 is 0 Å². The first kappa shape index (κ1) is 14.0. The fourth-order valence-electron chi connectivity index (χ4n) is 2.71. The summed E-state index contributed by atoms with van der Waals surface area (Å²) in [5, 5.41) is 3.67. The molecule has 2 heterocycles. The van der Waals surface area contributed by atoms with E-state index in [1.165, 1.54) is 6.33 Å². The van der Waals surface area contributed by atoms with E-state index in [1.807, 2.05) is 6.92 Å². The Bertz CT molecular complexity index is 642. The summed E-state index contributed by atoms with van der Waals surface area (Å²) >= 11 is 0. The summed E-state index contributed by atoms with van der Waals surface area (Å²) in [6.45, 7) is 2.59. The van der Waals surface area contributed by atoms with Crippen molar-refractivity contribution in [3.8, 4) is 0 Å². The summed E-state index contributed by atoms with van der Waals surface area (Å²) in [7, 11) is 1.63. The number of aromatic amines is 1. The molecule has 0 spiro atoms.